The van der Waals surface area contributed by atoms with E-state index in [1.165, 1.54) is 55.6 Å². The van der Waals surface area contributed by atoms with Gasteiger partial charge in [-0.15, -0.1) is 0 Å². The van der Waals surface area contributed by atoms with Crippen molar-refractivity contribution in [3.63, 3.8) is 0 Å². The Morgan fingerprint density at radius 2 is 0.780 bits per heavy atom. The van der Waals surface area contributed by atoms with Gasteiger partial charge in [0.05, 0.1) is 5.41 Å². The monoisotopic (exact) mass is 637 g/mol. The van der Waals surface area contributed by atoms with Crippen molar-refractivity contribution >= 4 is 0 Å². The van der Waals surface area contributed by atoms with Gasteiger partial charge in [-0.3, -0.25) is 0 Å². The summed E-state index contributed by atoms with van der Waals surface area (Å²) in [6, 6.07) is 60.7. The first-order chi connectivity index (χ1) is 24.7. The molecule has 0 saturated heterocycles. The minimum atomic E-state index is -0.335. The van der Waals surface area contributed by atoms with Crippen LogP contribution in [0.5, 0.6) is 0 Å². The molecule has 234 valence electrons. The van der Waals surface area contributed by atoms with E-state index >= 15 is 0 Å². The Morgan fingerprint density at radius 3 is 1.36 bits per heavy atom. The third-order valence-electron chi connectivity index (χ3n) is 10.5. The van der Waals surface area contributed by atoms with Crippen molar-refractivity contribution in [2.24, 2.45) is 0 Å². The smallest absolute Gasteiger partial charge is 0.164 e. The number of aromatic nitrogens is 3. The van der Waals surface area contributed by atoms with Gasteiger partial charge in [-0.1, -0.05) is 164 Å². The Labute approximate surface area is 291 Å². The fraction of sp³-hybridized carbons (Fsp3) is 0.0426. The zero-order chi connectivity index (χ0) is 33.2. The number of aryl methyl sites for hydroxylation is 1. The molecule has 2 aliphatic rings. The molecule has 0 N–H and O–H groups in total. The van der Waals surface area contributed by atoms with E-state index in [4.69, 9.17) is 15.0 Å². The zero-order valence-electron chi connectivity index (χ0n) is 27.5. The van der Waals surface area contributed by atoms with Gasteiger partial charge in [0.15, 0.2) is 17.5 Å². The van der Waals surface area contributed by atoms with Crippen LogP contribution in [0.3, 0.4) is 0 Å². The van der Waals surface area contributed by atoms with Crippen LogP contribution < -0.4 is 0 Å². The lowest BCUT2D eigenvalue weighted by molar-refractivity contribution is 0.793. The molecule has 0 atom stereocenters. The Bertz CT molecular complexity index is 2490. The third kappa shape index (κ3) is 4.13. The minimum absolute atomic E-state index is 0.335. The largest absolute Gasteiger partial charge is 0.208 e. The summed E-state index contributed by atoms with van der Waals surface area (Å²) in [5.41, 5.74) is 16.9. The number of benzene rings is 7. The van der Waals surface area contributed by atoms with Crippen molar-refractivity contribution in [2.45, 2.75) is 12.3 Å². The van der Waals surface area contributed by atoms with Crippen molar-refractivity contribution in [1.29, 1.82) is 0 Å². The molecule has 3 nitrogen and oxygen atoms in total. The number of hydrogen-bond donors (Lipinski definition) is 0. The molecule has 0 aliphatic heterocycles. The van der Waals surface area contributed by atoms with Crippen LogP contribution in [-0.4, -0.2) is 15.0 Å². The van der Waals surface area contributed by atoms with Crippen LogP contribution in [0.15, 0.2) is 170 Å². The molecule has 0 radical (unpaired) electrons. The molecule has 0 unspecified atom stereocenters. The molecule has 3 heteroatoms. The quantitative estimate of drug-likeness (QED) is 0.193. The number of rotatable bonds is 4. The van der Waals surface area contributed by atoms with Gasteiger partial charge in [0.25, 0.3) is 0 Å². The van der Waals surface area contributed by atoms with E-state index in [-0.39, 0.29) is 5.41 Å². The summed E-state index contributed by atoms with van der Waals surface area (Å²) in [5, 5.41) is 0. The van der Waals surface area contributed by atoms with Crippen molar-refractivity contribution in [3.8, 4) is 67.5 Å². The highest BCUT2D eigenvalue weighted by Gasteiger charge is 2.51. The highest BCUT2D eigenvalue weighted by Crippen LogP contribution is 2.63. The predicted octanol–water partition coefficient (Wildman–Crippen LogP) is 11.2. The zero-order valence-corrected chi connectivity index (χ0v) is 27.5. The molecular formula is C47H31N3. The summed E-state index contributed by atoms with van der Waals surface area (Å²) in [7, 11) is 0. The average molecular weight is 638 g/mol. The fourth-order valence-corrected chi connectivity index (χ4v) is 8.31. The van der Waals surface area contributed by atoms with E-state index in [1.807, 2.05) is 60.7 Å². The van der Waals surface area contributed by atoms with Gasteiger partial charge in [0.2, 0.25) is 0 Å². The van der Waals surface area contributed by atoms with Crippen molar-refractivity contribution in [2.75, 3.05) is 0 Å². The summed E-state index contributed by atoms with van der Waals surface area (Å²) < 4.78 is 0. The first kappa shape index (κ1) is 28.6. The molecule has 1 heterocycles. The molecule has 2 aliphatic carbocycles. The number of fused-ring (bicyclic) bond motifs is 10. The van der Waals surface area contributed by atoms with Gasteiger partial charge in [0, 0.05) is 16.7 Å². The lowest BCUT2D eigenvalue weighted by Gasteiger charge is -2.30. The third-order valence-corrected chi connectivity index (χ3v) is 10.5. The van der Waals surface area contributed by atoms with Gasteiger partial charge in [-0.2, -0.15) is 0 Å². The highest BCUT2D eigenvalue weighted by atomic mass is 15.0. The van der Waals surface area contributed by atoms with Gasteiger partial charge < -0.3 is 0 Å². The average Bonchev–Trinajstić information content (AvgIpc) is 3.66. The molecule has 1 spiro atoms. The van der Waals surface area contributed by atoms with Crippen molar-refractivity contribution in [1.82, 2.24) is 15.0 Å². The Morgan fingerprint density at radius 1 is 0.340 bits per heavy atom. The van der Waals surface area contributed by atoms with Gasteiger partial charge in [0.1, 0.15) is 0 Å². The SMILES string of the molecule is Cc1cccc2c1-c1cc(-c3ccc(-c4nc(-c5ccccc5)nc(-c5ccccc5)n4)cc3)ccc1C21c2ccccc2-c2ccccc21. The second-order valence-electron chi connectivity index (χ2n) is 13.2. The minimum Gasteiger partial charge on any atom is -0.208 e. The first-order valence-corrected chi connectivity index (χ1v) is 17.1. The second kappa shape index (κ2) is 11.0. The van der Waals surface area contributed by atoms with Crippen LogP contribution in [-0.2, 0) is 5.41 Å². The standard InChI is InChI=1S/C47H31N3/c1-30-13-12-22-42-43(30)38-29-35(27-28-41(38)47(42)39-20-10-8-18-36(39)37-19-9-11-21-40(37)47)31-23-25-34(26-24-31)46-49-44(32-14-4-2-5-15-32)48-45(50-46)33-16-6-3-7-17-33/h2-29H,1H3. The number of hydrogen-bond acceptors (Lipinski definition) is 3. The summed E-state index contributed by atoms with van der Waals surface area (Å²) in [4.78, 5) is 14.7. The van der Waals surface area contributed by atoms with Crippen LogP contribution in [0.4, 0.5) is 0 Å². The van der Waals surface area contributed by atoms with Crippen LogP contribution >= 0.6 is 0 Å². The van der Waals surface area contributed by atoms with Crippen molar-refractivity contribution < 1.29 is 0 Å². The molecule has 0 amide bonds. The molecule has 7 aromatic carbocycles. The maximum atomic E-state index is 4.94. The van der Waals surface area contributed by atoms with Crippen LogP contribution in [0.25, 0.3) is 67.5 Å². The topological polar surface area (TPSA) is 38.7 Å². The Kier molecular flexibility index (Phi) is 6.31. The molecule has 0 bridgehead atoms. The maximum Gasteiger partial charge on any atom is 0.164 e. The van der Waals surface area contributed by atoms with Gasteiger partial charge >= 0.3 is 0 Å². The predicted molar refractivity (Wildman–Crippen MR) is 203 cm³/mol. The molecular weight excluding hydrogens is 607 g/mol. The Balaban J connectivity index is 1.10. The maximum absolute atomic E-state index is 4.94. The van der Waals surface area contributed by atoms with Crippen molar-refractivity contribution in [3.05, 3.63) is 198 Å². The van der Waals surface area contributed by atoms with E-state index < -0.39 is 0 Å². The lowest BCUT2D eigenvalue weighted by Crippen LogP contribution is -2.25. The molecule has 8 aromatic rings. The van der Waals surface area contributed by atoms with E-state index in [9.17, 15) is 0 Å². The lowest BCUT2D eigenvalue weighted by atomic mass is 9.70. The molecule has 1 aromatic heterocycles. The Hall–Kier alpha value is -6.45. The van der Waals surface area contributed by atoms with E-state index in [2.05, 4.69) is 116 Å². The summed E-state index contributed by atoms with van der Waals surface area (Å²) in [5.74, 6) is 1.98. The second-order valence-corrected chi connectivity index (χ2v) is 13.2. The highest BCUT2D eigenvalue weighted by molar-refractivity contribution is 5.97. The molecule has 50 heavy (non-hydrogen) atoms. The van der Waals surface area contributed by atoms with E-state index in [0.29, 0.717) is 17.5 Å². The molecule has 0 saturated carbocycles. The first-order valence-electron chi connectivity index (χ1n) is 17.1. The van der Waals surface area contributed by atoms with E-state index in [1.54, 1.807) is 0 Å². The summed E-state index contributed by atoms with van der Waals surface area (Å²) in [6.07, 6.45) is 0. The van der Waals surface area contributed by atoms with Crippen LogP contribution in [0.2, 0.25) is 0 Å². The summed E-state index contributed by atoms with van der Waals surface area (Å²) >= 11 is 0. The molecule has 0 fully saturated rings. The fourth-order valence-electron chi connectivity index (χ4n) is 8.31. The van der Waals surface area contributed by atoms with E-state index in [0.717, 1.165) is 22.3 Å². The van der Waals surface area contributed by atoms with Gasteiger partial charge in [-0.25, -0.2) is 15.0 Å². The number of nitrogens with zero attached hydrogens (tertiary/aromatic N) is 3. The van der Waals surface area contributed by atoms with Crippen LogP contribution in [0.1, 0.15) is 27.8 Å². The molecule has 10 rings (SSSR count). The van der Waals surface area contributed by atoms with Crippen LogP contribution in [0, 0.1) is 6.92 Å². The van der Waals surface area contributed by atoms with Gasteiger partial charge in [-0.05, 0) is 74.2 Å². The normalized spacial score (nSPS) is 13.1. The summed E-state index contributed by atoms with van der Waals surface area (Å²) in [6.45, 7) is 2.25.